The van der Waals surface area contributed by atoms with Crippen LogP contribution in [0.2, 0.25) is 0 Å². The number of nitrogens with zero attached hydrogens (tertiary/aromatic N) is 2. The minimum atomic E-state index is 0. The van der Waals surface area contributed by atoms with Crippen LogP contribution in [0, 0.1) is 12.1 Å². The molecule has 0 aliphatic heterocycles. The summed E-state index contributed by atoms with van der Waals surface area (Å²) in [5.41, 5.74) is 6.28. The molecule has 3 heteroatoms. The van der Waals surface area contributed by atoms with Crippen LogP contribution in [0.1, 0.15) is 22.5 Å². The summed E-state index contributed by atoms with van der Waals surface area (Å²) >= 11 is 0. The standard InChI is InChI=1S/C26H18N2.Pt/c1-3-7-19(8-4-1)17-23-15-13-21-11-12-22-14-16-24(28-26(22)25(21)27-23)18-20-9-5-2-6-10-20;/h1-7,9,11-16H,17-18H2;/q-2;+2. The minimum Gasteiger partial charge on any atom is -0.250 e. The van der Waals surface area contributed by atoms with E-state index in [0.29, 0.717) is 0 Å². The Hall–Kier alpha value is -2.83. The average molecular weight is 554 g/mol. The summed E-state index contributed by atoms with van der Waals surface area (Å²) < 4.78 is 0. The van der Waals surface area contributed by atoms with Gasteiger partial charge in [0.2, 0.25) is 0 Å². The fraction of sp³-hybridized carbons (Fsp3) is 0.0769. The van der Waals surface area contributed by atoms with Crippen LogP contribution in [0.4, 0.5) is 0 Å². The van der Waals surface area contributed by atoms with Gasteiger partial charge in [-0.2, -0.15) is 71.8 Å². The fourth-order valence-corrected chi connectivity index (χ4v) is 3.52. The Balaban J connectivity index is 0.00000205. The first-order chi connectivity index (χ1) is 13.8. The monoisotopic (exact) mass is 553 g/mol. The van der Waals surface area contributed by atoms with E-state index in [4.69, 9.17) is 9.97 Å². The quantitative estimate of drug-likeness (QED) is 0.215. The molecule has 0 saturated carbocycles. The maximum absolute atomic E-state index is 4.96. The molecule has 0 atom stereocenters. The molecular formula is C26H18N2Pt. The van der Waals surface area contributed by atoms with Crippen molar-refractivity contribution in [1.82, 2.24) is 9.97 Å². The summed E-state index contributed by atoms with van der Waals surface area (Å²) in [5, 5.41) is 2.23. The predicted octanol–water partition coefficient (Wildman–Crippen LogP) is 5.56. The number of pyridine rings is 2. The van der Waals surface area contributed by atoms with E-state index in [-0.39, 0.29) is 21.1 Å². The average Bonchev–Trinajstić information content (AvgIpc) is 2.75. The zero-order valence-electron chi connectivity index (χ0n) is 15.7. The van der Waals surface area contributed by atoms with Crippen LogP contribution in [-0.4, -0.2) is 9.97 Å². The Labute approximate surface area is 184 Å². The van der Waals surface area contributed by atoms with Crippen molar-refractivity contribution in [2.75, 3.05) is 0 Å². The molecule has 0 aliphatic carbocycles. The third-order valence-corrected chi connectivity index (χ3v) is 4.93. The Morgan fingerprint density at radius 1 is 0.552 bits per heavy atom. The van der Waals surface area contributed by atoms with Crippen molar-refractivity contribution >= 4 is 21.8 Å². The van der Waals surface area contributed by atoms with E-state index in [1.54, 1.807) is 0 Å². The maximum atomic E-state index is 4.96. The number of fused-ring (bicyclic) bond motifs is 3. The van der Waals surface area contributed by atoms with Gasteiger partial charge in [-0.15, -0.1) is 0 Å². The molecule has 3 aromatic carbocycles. The van der Waals surface area contributed by atoms with E-state index in [2.05, 4.69) is 60.7 Å². The smallest absolute Gasteiger partial charge is 0.250 e. The first-order valence-corrected chi connectivity index (χ1v) is 9.45. The Bertz CT molecular complexity index is 1150. The second-order valence-electron chi connectivity index (χ2n) is 6.94. The van der Waals surface area contributed by atoms with Gasteiger partial charge in [-0.3, -0.25) is 9.97 Å². The molecule has 0 N–H and O–H groups in total. The van der Waals surface area contributed by atoms with Crippen LogP contribution >= 0.6 is 0 Å². The maximum Gasteiger partial charge on any atom is 2.00 e. The van der Waals surface area contributed by atoms with Crippen molar-refractivity contribution in [2.45, 2.75) is 12.8 Å². The van der Waals surface area contributed by atoms with Gasteiger partial charge in [0.25, 0.3) is 0 Å². The van der Waals surface area contributed by atoms with Crippen LogP contribution in [-0.2, 0) is 33.9 Å². The second-order valence-corrected chi connectivity index (χ2v) is 6.94. The van der Waals surface area contributed by atoms with Gasteiger partial charge in [0, 0.05) is 22.2 Å². The molecule has 0 unspecified atom stereocenters. The van der Waals surface area contributed by atoms with E-state index < -0.39 is 0 Å². The summed E-state index contributed by atoms with van der Waals surface area (Å²) in [7, 11) is 0. The zero-order chi connectivity index (χ0) is 18.8. The van der Waals surface area contributed by atoms with Crippen LogP contribution in [0.5, 0.6) is 0 Å². The zero-order valence-corrected chi connectivity index (χ0v) is 18.0. The predicted molar refractivity (Wildman–Crippen MR) is 113 cm³/mol. The molecule has 0 amide bonds. The van der Waals surface area contributed by atoms with Gasteiger partial charge in [0.15, 0.2) is 0 Å². The van der Waals surface area contributed by atoms with Crippen molar-refractivity contribution in [3.05, 3.63) is 120 Å². The Kier molecular flexibility index (Phi) is 5.83. The largest absolute Gasteiger partial charge is 2.00 e. The normalized spacial score (nSPS) is 10.8. The molecule has 5 aromatic rings. The van der Waals surface area contributed by atoms with Gasteiger partial charge in [-0.25, -0.2) is 0 Å². The first-order valence-electron chi connectivity index (χ1n) is 9.45. The molecule has 0 radical (unpaired) electrons. The molecule has 2 nitrogen and oxygen atoms in total. The van der Waals surface area contributed by atoms with Crippen molar-refractivity contribution in [3.63, 3.8) is 0 Å². The van der Waals surface area contributed by atoms with Gasteiger partial charge >= 0.3 is 21.1 Å². The topological polar surface area (TPSA) is 25.8 Å². The summed E-state index contributed by atoms with van der Waals surface area (Å²) in [5.74, 6) is 0. The summed E-state index contributed by atoms with van der Waals surface area (Å²) in [6.07, 6.45) is 1.54. The molecule has 5 rings (SSSR count). The molecule has 0 fully saturated rings. The molecule has 2 heterocycles. The number of hydrogen-bond acceptors (Lipinski definition) is 2. The van der Waals surface area contributed by atoms with Gasteiger partial charge in [-0.05, 0) is 25.0 Å². The van der Waals surface area contributed by atoms with Crippen LogP contribution in [0.25, 0.3) is 21.8 Å². The van der Waals surface area contributed by atoms with E-state index >= 15 is 0 Å². The SMILES string of the molecule is [Pt+2].[c-]1ccccc1Cc1ccc2ccc3ccc(Cc4[c-]cccc4)nc3c2n1. The molecule has 0 aliphatic rings. The van der Waals surface area contributed by atoms with E-state index in [1.165, 1.54) is 0 Å². The van der Waals surface area contributed by atoms with Gasteiger partial charge in [0.1, 0.15) is 0 Å². The summed E-state index contributed by atoms with van der Waals surface area (Å²) in [4.78, 5) is 9.91. The number of benzene rings is 3. The molecular weight excluding hydrogens is 535 g/mol. The summed E-state index contributed by atoms with van der Waals surface area (Å²) in [6, 6.07) is 35.4. The molecule has 29 heavy (non-hydrogen) atoms. The van der Waals surface area contributed by atoms with E-state index in [1.807, 2.05) is 36.4 Å². The molecule has 0 spiro atoms. The Morgan fingerprint density at radius 2 is 1.00 bits per heavy atom. The van der Waals surface area contributed by atoms with E-state index in [0.717, 1.165) is 57.2 Å². The number of rotatable bonds is 4. The fourth-order valence-electron chi connectivity index (χ4n) is 3.52. The molecule has 2 aromatic heterocycles. The Morgan fingerprint density at radius 3 is 1.41 bits per heavy atom. The van der Waals surface area contributed by atoms with Gasteiger partial charge in [-0.1, -0.05) is 24.3 Å². The minimum absolute atomic E-state index is 0. The molecule has 0 bridgehead atoms. The summed E-state index contributed by atoms with van der Waals surface area (Å²) in [6.45, 7) is 0. The van der Waals surface area contributed by atoms with Crippen molar-refractivity contribution in [2.24, 2.45) is 0 Å². The first kappa shape index (κ1) is 19.5. The number of aromatic nitrogens is 2. The van der Waals surface area contributed by atoms with Crippen LogP contribution in [0.3, 0.4) is 0 Å². The second kappa shape index (κ2) is 8.67. The van der Waals surface area contributed by atoms with Crippen LogP contribution < -0.4 is 0 Å². The molecule has 0 saturated heterocycles. The van der Waals surface area contributed by atoms with Gasteiger partial charge in [0.05, 0.1) is 11.0 Å². The number of hydrogen-bond donors (Lipinski definition) is 0. The van der Waals surface area contributed by atoms with Crippen molar-refractivity contribution in [3.8, 4) is 0 Å². The van der Waals surface area contributed by atoms with E-state index in [9.17, 15) is 0 Å². The van der Waals surface area contributed by atoms with Crippen molar-refractivity contribution in [1.29, 1.82) is 0 Å². The third kappa shape index (κ3) is 4.28. The van der Waals surface area contributed by atoms with Crippen molar-refractivity contribution < 1.29 is 21.1 Å². The molecule has 142 valence electrons. The third-order valence-electron chi connectivity index (χ3n) is 4.93. The van der Waals surface area contributed by atoms with Crippen LogP contribution in [0.15, 0.2) is 84.9 Å². The van der Waals surface area contributed by atoms with Gasteiger partial charge < -0.3 is 0 Å².